The molecule has 0 radical (unpaired) electrons. The molecule has 1 aromatic heterocycles. The maximum Gasteiger partial charge on any atom is 0.233 e. The smallest absolute Gasteiger partial charge is 0.233 e. The van der Waals surface area contributed by atoms with E-state index in [1.165, 1.54) is 16.5 Å². The molecule has 7 heteroatoms. The predicted molar refractivity (Wildman–Crippen MR) is 127 cm³/mol. The summed E-state index contributed by atoms with van der Waals surface area (Å²) in [5.74, 6) is 6.04. The number of amides is 2. The summed E-state index contributed by atoms with van der Waals surface area (Å²) in [6.07, 6.45) is 3.31. The molecule has 7 fully saturated rings. The fourth-order valence-corrected chi connectivity index (χ4v) is 9.78. The van der Waals surface area contributed by atoms with Crippen molar-refractivity contribution in [2.45, 2.75) is 19.3 Å². The van der Waals surface area contributed by atoms with Gasteiger partial charge in [0.05, 0.1) is 16.5 Å². The highest BCUT2D eigenvalue weighted by Gasteiger charge is 2.83. The van der Waals surface area contributed by atoms with Crippen LogP contribution in [0.15, 0.2) is 24.3 Å². The van der Waals surface area contributed by atoms with Gasteiger partial charge in [-0.1, -0.05) is 12.1 Å². The average Bonchev–Trinajstić information content (AvgIpc) is 3.41. The van der Waals surface area contributed by atoms with Gasteiger partial charge in [0.1, 0.15) is 5.82 Å². The molecule has 2 aliphatic heterocycles. The van der Waals surface area contributed by atoms with Crippen LogP contribution in [0.4, 0.5) is 5.82 Å². The Kier molecular flexibility index (Phi) is 3.97. The number of hydrogen-bond acceptors (Lipinski definition) is 6. The second kappa shape index (κ2) is 6.79. The number of carbonyl (C=O) groups is 2. The molecule has 9 rings (SSSR count). The lowest BCUT2D eigenvalue weighted by atomic mass is 9.81. The predicted octanol–water partition coefficient (Wildman–Crippen LogP) is 2.94. The molecular formula is C26H30N4O2S. The van der Waals surface area contributed by atoms with Crippen LogP contribution < -0.4 is 4.90 Å². The van der Waals surface area contributed by atoms with Gasteiger partial charge < -0.3 is 4.90 Å². The SMILES string of the molecule is O=C1C2C(C(=O)N1CCCCN1CCN(c3nsc4ccccc34)CC1)C1C3CC4C(C32)C41. The molecule has 2 saturated heterocycles. The Balaban J connectivity index is 0.833. The molecule has 6 nitrogen and oxygen atoms in total. The van der Waals surface area contributed by atoms with Crippen molar-refractivity contribution in [3.8, 4) is 0 Å². The summed E-state index contributed by atoms with van der Waals surface area (Å²) in [5.41, 5.74) is 0. The van der Waals surface area contributed by atoms with Crippen molar-refractivity contribution in [2.75, 3.05) is 44.2 Å². The summed E-state index contributed by atoms with van der Waals surface area (Å²) in [6.45, 7) is 5.80. The number of benzene rings is 1. The molecule has 6 atom stereocenters. The van der Waals surface area contributed by atoms with Crippen molar-refractivity contribution in [3.05, 3.63) is 24.3 Å². The summed E-state index contributed by atoms with van der Waals surface area (Å²) in [5, 5.41) is 1.27. The minimum atomic E-state index is 0.0659. The third-order valence-corrected chi connectivity index (χ3v) is 11.0. The molecule has 3 heterocycles. The highest BCUT2D eigenvalue weighted by Crippen LogP contribution is 2.84. The first kappa shape index (κ1) is 19.3. The maximum atomic E-state index is 13.1. The van der Waals surface area contributed by atoms with Crippen molar-refractivity contribution in [1.29, 1.82) is 0 Å². The molecule has 172 valence electrons. The van der Waals surface area contributed by atoms with Gasteiger partial charge in [-0.2, -0.15) is 4.37 Å². The van der Waals surface area contributed by atoms with Crippen LogP contribution >= 0.6 is 11.5 Å². The largest absolute Gasteiger partial charge is 0.353 e. The van der Waals surface area contributed by atoms with Crippen LogP contribution in [0.5, 0.6) is 0 Å². The molecule has 2 aromatic rings. The summed E-state index contributed by atoms with van der Waals surface area (Å²) in [7, 11) is 0. The highest BCUT2D eigenvalue weighted by molar-refractivity contribution is 7.13. The van der Waals surface area contributed by atoms with Crippen LogP contribution in [0, 0.1) is 47.3 Å². The Labute approximate surface area is 198 Å². The maximum absolute atomic E-state index is 13.1. The monoisotopic (exact) mass is 462 g/mol. The second-order valence-corrected chi connectivity index (χ2v) is 12.1. The van der Waals surface area contributed by atoms with Crippen molar-refractivity contribution in [2.24, 2.45) is 47.3 Å². The molecule has 6 bridgehead atoms. The van der Waals surface area contributed by atoms with Gasteiger partial charge in [-0.25, -0.2) is 0 Å². The van der Waals surface area contributed by atoms with Crippen molar-refractivity contribution in [1.82, 2.24) is 14.2 Å². The Bertz CT molecular complexity index is 1120. The van der Waals surface area contributed by atoms with E-state index in [0.29, 0.717) is 18.4 Å². The van der Waals surface area contributed by atoms with Crippen molar-refractivity contribution < 1.29 is 9.59 Å². The minimum absolute atomic E-state index is 0.0659. The number of unbranched alkanes of at least 4 members (excludes halogenated alkanes) is 1. The van der Waals surface area contributed by atoms with E-state index in [9.17, 15) is 9.59 Å². The standard InChI is InChI=1S/C26H30N4O2S/c31-25-22-20-16-13-15-18(20)19(15)21(16)23(22)26(32)30(25)8-4-3-7-28-9-11-29(12-10-28)24-14-5-1-2-6-17(14)33-27-24/h1-2,5-6,15-16,18-23H,3-4,7-13H2. The van der Waals surface area contributed by atoms with Crippen LogP contribution in [0.1, 0.15) is 19.3 Å². The number of piperazine rings is 1. The van der Waals surface area contributed by atoms with Crippen LogP contribution in [0.25, 0.3) is 10.1 Å². The molecule has 6 unspecified atom stereocenters. The number of carbonyl (C=O) groups excluding carboxylic acids is 2. The third-order valence-electron chi connectivity index (χ3n) is 10.2. The van der Waals surface area contributed by atoms with E-state index in [-0.39, 0.29) is 23.7 Å². The van der Waals surface area contributed by atoms with Gasteiger partial charge in [-0.3, -0.25) is 19.4 Å². The number of nitrogens with zero attached hydrogens (tertiary/aromatic N) is 4. The molecule has 7 aliphatic rings. The molecule has 0 N–H and O–H groups in total. The van der Waals surface area contributed by atoms with Gasteiger partial charge in [-0.05, 0) is 85.0 Å². The summed E-state index contributed by atoms with van der Waals surface area (Å²) >= 11 is 1.59. The second-order valence-electron chi connectivity index (χ2n) is 11.3. The van der Waals surface area contributed by atoms with E-state index in [2.05, 4.69) is 34.1 Å². The van der Waals surface area contributed by atoms with E-state index >= 15 is 0 Å². The van der Waals surface area contributed by atoms with Gasteiger partial charge in [0.25, 0.3) is 0 Å². The minimum Gasteiger partial charge on any atom is -0.353 e. The zero-order valence-corrected chi connectivity index (χ0v) is 19.6. The fraction of sp³-hybridized carbons (Fsp3) is 0.654. The van der Waals surface area contributed by atoms with E-state index in [4.69, 9.17) is 4.37 Å². The number of anilines is 1. The number of likely N-dealkylation sites (tertiary alicyclic amines) is 1. The van der Waals surface area contributed by atoms with E-state index < -0.39 is 0 Å². The lowest BCUT2D eigenvalue weighted by Gasteiger charge is -2.35. The Morgan fingerprint density at radius 1 is 0.848 bits per heavy atom. The normalized spacial score (nSPS) is 40.5. The molecule has 2 amide bonds. The first-order valence-electron chi connectivity index (χ1n) is 12.9. The summed E-state index contributed by atoms with van der Waals surface area (Å²) in [6, 6.07) is 8.49. The van der Waals surface area contributed by atoms with Gasteiger partial charge in [0.2, 0.25) is 11.8 Å². The highest BCUT2D eigenvalue weighted by atomic mass is 32.1. The molecular weight excluding hydrogens is 432 g/mol. The van der Waals surface area contributed by atoms with E-state index in [0.717, 1.165) is 75.1 Å². The van der Waals surface area contributed by atoms with Gasteiger partial charge >= 0.3 is 0 Å². The number of hydrogen-bond donors (Lipinski definition) is 0. The quantitative estimate of drug-likeness (QED) is 0.488. The number of rotatable bonds is 6. The third kappa shape index (κ3) is 2.50. The molecule has 33 heavy (non-hydrogen) atoms. The number of aromatic nitrogens is 1. The lowest BCUT2D eigenvalue weighted by Crippen LogP contribution is -2.46. The average molecular weight is 463 g/mol. The van der Waals surface area contributed by atoms with Crippen molar-refractivity contribution >= 4 is 39.3 Å². The number of fused-ring (bicyclic) bond motifs is 2. The van der Waals surface area contributed by atoms with Crippen molar-refractivity contribution in [3.63, 3.8) is 0 Å². The first-order valence-corrected chi connectivity index (χ1v) is 13.7. The Morgan fingerprint density at radius 2 is 1.52 bits per heavy atom. The zero-order valence-electron chi connectivity index (χ0n) is 18.8. The lowest BCUT2D eigenvalue weighted by molar-refractivity contribution is -0.141. The van der Waals surface area contributed by atoms with Crippen LogP contribution in [-0.4, -0.2) is 65.3 Å². The van der Waals surface area contributed by atoms with Gasteiger partial charge in [0, 0.05) is 38.1 Å². The van der Waals surface area contributed by atoms with E-state index in [1.807, 2.05) is 0 Å². The van der Waals surface area contributed by atoms with Gasteiger partial charge in [-0.15, -0.1) is 0 Å². The van der Waals surface area contributed by atoms with Crippen LogP contribution in [-0.2, 0) is 9.59 Å². The fourth-order valence-electron chi connectivity index (χ4n) is 8.99. The van der Waals surface area contributed by atoms with Gasteiger partial charge in [0.15, 0.2) is 0 Å². The van der Waals surface area contributed by atoms with Crippen LogP contribution in [0.3, 0.4) is 0 Å². The Hall–Kier alpha value is -1.99. The topological polar surface area (TPSA) is 56.8 Å². The number of imide groups is 1. The molecule has 0 spiro atoms. The van der Waals surface area contributed by atoms with Crippen LogP contribution in [0.2, 0.25) is 0 Å². The Morgan fingerprint density at radius 3 is 2.24 bits per heavy atom. The summed E-state index contributed by atoms with van der Waals surface area (Å²) in [4.78, 5) is 32.9. The zero-order chi connectivity index (χ0) is 21.8. The molecule has 5 saturated carbocycles. The van der Waals surface area contributed by atoms with E-state index in [1.54, 1.807) is 16.4 Å². The molecule has 5 aliphatic carbocycles. The first-order chi connectivity index (χ1) is 16.2. The summed E-state index contributed by atoms with van der Waals surface area (Å²) < 4.78 is 5.97. The molecule has 1 aromatic carbocycles.